The molecule has 0 unspecified atom stereocenters. The fraction of sp³-hybridized carbons (Fsp3) is 0.0833. The summed E-state index contributed by atoms with van der Waals surface area (Å²) in [5.41, 5.74) is 1.87. The van der Waals surface area contributed by atoms with Gasteiger partial charge in [0.1, 0.15) is 5.58 Å². The Morgan fingerprint density at radius 2 is 2.21 bits per heavy atom. The molecule has 0 spiro atoms. The molecule has 1 heterocycles. The van der Waals surface area contributed by atoms with Gasteiger partial charge >= 0.3 is 0 Å². The molecule has 0 bridgehead atoms. The number of ketones is 1. The number of fused-ring (bicyclic) bond motifs is 1. The van der Waals surface area contributed by atoms with Crippen LogP contribution in [0.4, 0.5) is 0 Å². The summed E-state index contributed by atoms with van der Waals surface area (Å²) in [4.78, 5) is 10.7. The highest BCUT2D eigenvalue weighted by molar-refractivity contribution is 5.92. The van der Waals surface area contributed by atoms with Crippen LogP contribution in [0.5, 0.6) is 0 Å². The molecular formula is C12H10O2. The van der Waals surface area contributed by atoms with Crippen LogP contribution >= 0.6 is 0 Å². The highest BCUT2D eigenvalue weighted by Gasteiger charge is 1.96. The van der Waals surface area contributed by atoms with Gasteiger partial charge in [-0.05, 0) is 36.8 Å². The van der Waals surface area contributed by atoms with E-state index in [1.165, 1.54) is 6.92 Å². The fourth-order valence-corrected chi connectivity index (χ4v) is 1.30. The van der Waals surface area contributed by atoms with E-state index in [1.54, 1.807) is 18.4 Å². The molecule has 0 saturated carbocycles. The number of carbonyl (C=O) groups is 1. The van der Waals surface area contributed by atoms with E-state index < -0.39 is 0 Å². The number of benzene rings is 1. The van der Waals surface area contributed by atoms with Gasteiger partial charge in [-0.3, -0.25) is 4.79 Å². The zero-order valence-corrected chi connectivity index (χ0v) is 7.86. The monoisotopic (exact) mass is 186 g/mol. The van der Waals surface area contributed by atoms with Gasteiger partial charge in [-0.2, -0.15) is 0 Å². The average Bonchev–Trinajstić information content (AvgIpc) is 2.61. The second-order valence-corrected chi connectivity index (χ2v) is 3.16. The lowest BCUT2D eigenvalue weighted by Gasteiger charge is -1.92. The van der Waals surface area contributed by atoms with E-state index in [-0.39, 0.29) is 5.78 Å². The maximum absolute atomic E-state index is 10.7. The predicted octanol–water partition coefficient (Wildman–Crippen LogP) is 3.04. The Hall–Kier alpha value is -1.83. The lowest BCUT2D eigenvalue weighted by atomic mass is 10.1. The second-order valence-electron chi connectivity index (χ2n) is 3.16. The summed E-state index contributed by atoms with van der Waals surface area (Å²) in [5, 5.41) is 1.05. The minimum Gasteiger partial charge on any atom is -0.464 e. The number of rotatable bonds is 2. The topological polar surface area (TPSA) is 30.2 Å². The van der Waals surface area contributed by atoms with Crippen molar-refractivity contribution < 1.29 is 9.21 Å². The first-order valence-electron chi connectivity index (χ1n) is 4.41. The fourth-order valence-electron chi connectivity index (χ4n) is 1.30. The van der Waals surface area contributed by atoms with Gasteiger partial charge in [0.15, 0.2) is 5.78 Å². The summed E-state index contributed by atoms with van der Waals surface area (Å²) in [6.07, 6.45) is 5.01. The molecule has 2 aromatic rings. The molecule has 2 rings (SSSR count). The average molecular weight is 186 g/mol. The van der Waals surface area contributed by atoms with E-state index in [2.05, 4.69) is 0 Å². The van der Waals surface area contributed by atoms with Crippen LogP contribution in [0.2, 0.25) is 0 Å². The molecule has 14 heavy (non-hydrogen) atoms. The van der Waals surface area contributed by atoms with E-state index >= 15 is 0 Å². The molecule has 2 nitrogen and oxygen atoms in total. The van der Waals surface area contributed by atoms with Crippen molar-refractivity contribution in [1.29, 1.82) is 0 Å². The van der Waals surface area contributed by atoms with Gasteiger partial charge in [0.2, 0.25) is 0 Å². The third-order valence-corrected chi connectivity index (χ3v) is 1.99. The zero-order chi connectivity index (χ0) is 9.97. The quantitative estimate of drug-likeness (QED) is 0.675. The van der Waals surface area contributed by atoms with E-state index in [0.29, 0.717) is 0 Å². The van der Waals surface area contributed by atoms with Crippen molar-refractivity contribution in [1.82, 2.24) is 0 Å². The summed E-state index contributed by atoms with van der Waals surface area (Å²) in [7, 11) is 0. The zero-order valence-electron chi connectivity index (χ0n) is 7.86. The van der Waals surface area contributed by atoms with Crippen molar-refractivity contribution in [3.63, 3.8) is 0 Å². The molecule has 1 aromatic heterocycles. The van der Waals surface area contributed by atoms with Crippen LogP contribution in [-0.4, -0.2) is 5.78 Å². The number of carbonyl (C=O) groups excluding carboxylic acids is 1. The van der Waals surface area contributed by atoms with E-state index in [4.69, 9.17) is 4.42 Å². The Balaban J connectivity index is 2.39. The van der Waals surface area contributed by atoms with Crippen molar-refractivity contribution in [2.75, 3.05) is 0 Å². The molecule has 70 valence electrons. The van der Waals surface area contributed by atoms with Crippen molar-refractivity contribution in [2.45, 2.75) is 6.92 Å². The number of allylic oxidation sites excluding steroid dienone is 1. The summed E-state index contributed by atoms with van der Waals surface area (Å²) in [5.74, 6) is 0.0530. The predicted molar refractivity (Wildman–Crippen MR) is 55.9 cm³/mol. The van der Waals surface area contributed by atoms with E-state index in [0.717, 1.165) is 16.5 Å². The molecule has 0 aliphatic heterocycles. The maximum atomic E-state index is 10.7. The third kappa shape index (κ3) is 1.74. The number of hydrogen-bond donors (Lipinski definition) is 0. The van der Waals surface area contributed by atoms with Gasteiger partial charge in [0, 0.05) is 5.39 Å². The van der Waals surface area contributed by atoms with Gasteiger partial charge < -0.3 is 4.42 Å². The molecule has 0 fully saturated rings. The minimum absolute atomic E-state index is 0.0530. The summed E-state index contributed by atoms with van der Waals surface area (Å²) >= 11 is 0. The Bertz CT molecular complexity index is 492. The van der Waals surface area contributed by atoms with Crippen molar-refractivity contribution in [3.05, 3.63) is 42.2 Å². The van der Waals surface area contributed by atoms with Crippen LogP contribution in [0.1, 0.15) is 12.5 Å². The molecule has 1 aromatic carbocycles. The molecule has 2 heteroatoms. The highest BCUT2D eigenvalue weighted by atomic mass is 16.3. The second kappa shape index (κ2) is 3.50. The molecule has 0 radical (unpaired) electrons. The number of furan rings is 1. The van der Waals surface area contributed by atoms with Crippen LogP contribution in [-0.2, 0) is 4.79 Å². The Kier molecular flexibility index (Phi) is 2.19. The molecule has 0 aliphatic carbocycles. The molecule has 0 N–H and O–H groups in total. The van der Waals surface area contributed by atoms with Crippen LogP contribution in [0.3, 0.4) is 0 Å². The lowest BCUT2D eigenvalue weighted by molar-refractivity contribution is -0.112. The van der Waals surface area contributed by atoms with Crippen molar-refractivity contribution in [2.24, 2.45) is 0 Å². The van der Waals surface area contributed by atoms with Crippen LogP contribution in [0.25, 0.3) is 17.0 Å². The minimum atomic E-state index is 0.0530. The molecule has 0 atom stereocenters. The molecular weight excluding hydrogens is 176 g/mol. The standard InChI is InChI=1S/C12H10O2/c1-9(13)2-3-10-4-5-12-11(8-10)6-7-14-12/h2-8H,1H3/b3-2-. The van der Waals surface area contributed by atoms with Crippen LogP contribution < -0.4 is 0 Å². The van der Waals surface area contributed by atoms with Crippen LogP contribution in [0, 0.1) is 0 Å². The summed E-state index contributed by atoms with van der Waals surface area (Å²) in [6, 6.07) is 7.71. The molecule has 0 saturated heterocycles. The van der Waals surface area contributed by atoms with Gasteiger partial charge in [0.05, 0.1) is 6.26 Å². The Morgan fingerprint density at radius 1 is 1.36 bits per heavy atom. The SMILES string of the molecule is CC(=O)/C=C\c1ccc2occc2c1. The van der Waals surface area contributed by atoms with Crippen LogP contribution in [0.15, 0.2) is 41.0 Å². The normalized spacial score (nSPS) is 11.2. The van der Waals surface area contributed by atoms with Gasteiger partial charge in [0.25, 0.3) is 0 Å². The summed E-state index contributed by atoms with van der Waals surface area (Å²) < 4.78 is 5.21. The first-order chi connectivity index (χ1) is 6.75. The van der Waals surface area contributed by atoms with Crippen molar-refractivity contribution >= 4 is 22.8 Å². The third-order valence-electron chi connectivity index (χ3n) is 1.99. The Labute approximate surface area is 81.8 Å². The summed E-state index contributed by atoms with van der Waals surface area (Å²) in [6.45, 7) is 1.53. The van der Waals surface area contributed by atoms with E-state index in [1.807, 2.05) is 24.3 Å². The van der Waals surface area contributed by atoms with E-state index in [9.17, 15) is 4.79 Å². The molecule has 0 amide bonds. The van der Waals surface area contributed by atoms with Gasteiger partial charge in [-0.25, -0.2) is 0 Å². The Morgan fingerprint density at radius 3 is 3.00 bits per heavy atom. The molecule has 0 aliphatic rings. The maximum Gasteiger partial charge on any atom is 0.152 e. The largest absolute Gasteiger partial charge is 0.464 e. The highest BCUT2D eigenvalue weighted by Crippen LogP contribution is 2.17. The first kappa shape index (κ1) is 8.75. The van der Waals surface area contributed by atoms with Gasteiger partial charge in [-0.1, -0.05) is 12.1 Å². The van der Waals surface area contributed by atoms with Gasteiger partial charge in [-0.15, -0.1) is 0 Å². The van der Waals surface area contributed by atoms with Crippen molar-refractivity contribution in [3.8, 4) is 0 Å². The first-order valence-corrected chi connectivity index (χ1v) is 4.41. The number of hydrogen-bond acceptors (Lipinski definition) is 2. The smallest absolute Gasteiger partial charge is 0.152 e. The lowest BCUT2D eigenvalue weighted by Crippen LogP contribution is -1.79.